The van der Waals surface area contributed by atoms with Gasteiger partial charge in [-0.3, -0.25) is 9.78 Å². The van der Waals surface area contributed by atoms with Gasteiger partial charge in [0.2, 0.25) is 0 Å². The Hall–Kier alpha value is -3.75. The van der Waals surface area contributed by atoms with Crippen molar-refractivity contribution in [2.24, 2.45) is 5.73 Å². The van der Waals surface area contributed by atoms with Crippen molar-refractivity contribution in [3.63, 3.8) is 0 Å². The van der Waals surface area contributed by atoms with Crippen molar-refractivity contribution in [1.82, 2.24) is 4.98 Å². The molecule has 0 spiro atoms. The first-order valence-electron chi connectivity index (χ1n) is 12.2. The highest BCUT2D eigenvalue weighted by atomic mass is 28.4. The summed E-state index contributed by atoms with van der Waals surface area (Å²) in [5.74, 6) is -4.24. The molecule has 1 unspecified atom stereocenters. The van der Waals surface area contributed by atoms with Gasteiger partial charge in [0.25, 0.3) is 14.2 Å². The zero-order valence-corrected chi connectivity index (χ0v) is 22.6. The molecule has 0 aliphatic rings. The maximum atomic E-state index is 15.4. The number of rotatable bonds is 7. The van der Waals surface area contributed by atoms with Gasteiger partial charge in [0.15, 0.2) is 11.6 Å². The van der Waals surface area contributed by atoms with Crippen molar-refractivity contribution in [3.8, 4) is 0 Å². The number of hydrogen-bond acceptors (Lipinski definition) is 3. The zero-order valence-electron chi connectivity index (χ0n) is 21.6. The Balaban J connectivity index is 2.08. The monoisotopic (exact) mass is 534 g/mol. The van der Waals surface area contributed by atoms with E-state index in [1.807, 2.05) is 81.4 Å². The van der Waals surface area contributed by atoms with Gasteiger partial charge in [0.05, 0.1) is 5.56 Å². The number of hydrogen-bond donors (Lipinski definition) is 1. The van der Waals surface area contributed by atoms with Crippen molar-refractivity contribution in [1.29, 1.82) is 0 Å². The van der Waals surface area contributed by atoms with E-state index < -0.39 is 48.4 Å². The van der Waals surface area contributed by atoms with E-state index in [0.717, 1.165) is 22.5 Å². The molecule has 196 valence electrons. The number of aromatic nitrogens is 1. The van der Waals surface area contributed by atoms with E-state index >= 15 is 8.78 Å². The van der Waals surface area contributed by atoms with E-state index in [0.29, 0.717) is 11.1 Å². The highest BCUT2D eigenvalue weighted by Crippen LogP contribution is 2.43. The summed E-state index contributed by atoms with van der Waals surface area (Å²) in [6.45, 7) is 7.74. The topological polar surface area (TPSA) is 65.2 Å². The minimum absolute atomic E-state index is 0.00404. The van der Waals surface area contributed by atoms with Gasteiger partial charge in [-0.15, -0.1) is 0 Å². The minimum Gasteiger partial charge on any atom is -0.396 e. The minimum atomic E-state index is -3.37. The normalized spacial score (nSPS) is 12.8. The lowest BCUT2D eigenvalue weighted by Crippen LogP contribution is -2.67. The van der Waals surface area contributed by atoms with Crippen LogP contribution in [0.25, 0.3) is 0 Å². The predicted octanol–water partition coefficient (Wildman–Crippen LogP) is 5.57. The molecule has 3 aromatic carbocycles. The molecule has 4 aromatic rings. The molecule has 0 aliphatic carbocycles. The van der Waals surface area contributed by atoms with E-state index in [2.05, 4.69) is 4.98 Å². The van der Waals surface area contributed by atoms with Gasteiger partial charge in [-0.2, -0.15) is 0 Å². The Morgan fingerprint density at radius 1 is 0.895 bits per heavy atom. The van der Waals surface area contributed by atoms with Crippen LogP contribution in [0.5, 0.6) is 0 Å². The smallest absolute Gasteiger partial charge is 0.267 e. The zero-order chi connectivity index (χ0) is 27.7. The standard InChI is InChI=1S/C30H29F3N2O2Si/c1-19-17-25(29(34)36)35-18-22(19)28(26-23(31)15-16-24(32)27(26)33)37-38(30(2,3)4,20-11-7-5-8-12-20)21-13-9-6-10-14-21/h5-18,28H,1-4H3,(H2,34,36). The van der Waals surface area contributed by atoms with Gasteiger partial charge in [0.1, 0.15) is 17.6 Å². The van der Waals surface area contributed by atoms with Crippen molar-refractivity contribution in [2.75, 3.05) is 0 Å². The molecule has 1 heterocycles. The lowest BCUT2D eigenvalue weighted by atomic mass is 9.97. The molecule has 0 bridgehead atoms. The molecule has 38 heavy (non-hydrogen) atoms. The van der Waals surface area contributed by atoms with Crippen LogP contribution in [0.2, 0.25) is 5.04 Å². The Labute approximate surface area is 221 Å². The summed E-state index contributed by atoms with van der Waals surface area (Å²) in [5, 5.41) is 1.21. The van der Waals surface area contributed by atoms with Crippen LogP contribution in [0, 0.1) is 24.4 Å². The first-order valence-corrected chi connectivity index (χ1v) is 14.1. The van der Waals surface area contributed by atoms with Crippen LogP contribution in [0.3, 0.4) is 0 Å². The van der Waals surface area contributed by atoms with Gasteiger partial charge >= 0.3 is 0 Å². The summed E-state index contributed by atoms with van der Waals surface area (Å²) >= 11 is 0. The number of halogens is 3. The van der Waals surface area contributed by atoms with Crippen LogP contribution in [-0.2, 0) is 4.43 Å². The van der Waals surface area contributed by atoms with E-state index in [1.165, 1.54) is 12.3 Å². The number of primary amides is 1. The molecule has 0 fully saturated rings. The molecule has 1 aromatic heterocycles. The molecule has 1 amide bonds. The van der Waals surface area contributed by atoms with Crippen molar-refractivity contribution >= 4 is 24.6 Å². The summed E-state index contributed by atoms with van der Waals surface area (Å²) in [7, 11) is -3.37. The first kappa shape index (κ1) is 27.3. The van der Waals surface area contributed by atoms with Gasteiger partial charge in [-0.25, -0.2) is 13.2 Å². The Morgan fingerprint density at radius 2 is 1.42 bits per heavy atom. The van der Waals surface area contributed by atoms with E-state index in [4.69, 9.17) is 10.2 Å². The third kappa shape index (κ3) is 4.89. The maximum absolute atomic E-state index is 15.4. The second-order valence-electron chi connectivity index (χ2n) is 10.2. The lowest BCUT2D eigenvalue weighted by Gasteiger charge is -2.45. The number of carbonyl (C=O) groups is 1. The highest BCUT2D eigenvalue weighted by molar-refractivity contribution is 6.99. The summed E-state index contributed by atoms with van der Waals surface area (Å²) in [4.78, 5) is 15.9. The summed E-state index contributed by atoms with van der Waals surface area (Å²) in [6.07, 6.45) is -0.0618. The van der Waals surface area contributed by atoms with Crippen LogP contribution in [0.1, 0.15) is 54.1 Å². The molecule has 0 saturated heterocycles. The largest absolute Gasteiger partial charge is 0.396 e. The van der Waals surface area contributed by atoms with Gasteiger partial charge in [-0.1, -0.05) is 81.4 Å². The Morgan fingerprint density at radius 3 is 1.89 bits per heavy atom. The fraction of sp³-hybridized carbons (Fsp3) is 0.200. The van der Waals surface area contributed by atoms with Crippen LogP contribution in [0.4, 0.5) is 13.2 Å². The third-order valence-electron chi connectivity index (χ3n) is 6.74. The van der Waals surface area contributed by atoms with Crippen molar-refractivity contribution < 1.29 is 22.4 Å². The average Bonchev–Trinajstić information content (AvgIpc) is 2.89. The molecule has 4 rings (SSSR count). The molecule has 2 N–H and O–H groups in total. The average molecular weight is 535 g/mol. The summed E-state index contributed by atoms with van der Waals surface area (Å²) < 4.78 is 52.5. The molecule has 0 aliphatic heterocycles. The number of nitrogens with two attached hydrogens (primary N) is 1. The van der Waals surface area contributed by atoms with Crippen LogP contribution >= 0.6 is 0 Å². The molecule has 0 radical (unpaired) electrons. The third-order valence-corrected chi connectivity index (χ3v) is 11.7. The number of aryl methyl sites for hydroxylation is 1. The van der Waals surface area contributed by atoms with Crippen molar-refractivity contribution in [2.45, 2.75) is 38.8 Å². The molecule has 8 heteroatoms. The predicted molar refractivity (Wildman–Crippen MR) is 144 cm³/mol. The molecular weight excluding hydrogens is 505 g/mol. The number of benzene rings is 3. The number of pyridine rings is 1. The summed E-state index contributed by atoms with van der Waals surface area (Å²) in [5.41, 5.74) is 5.61. The van der Waals surface area contributed by atoms with E-state index in [-0.39, 0.29) is 5.69 Å². The van der Waals surface area contributed by atoms with Gasteiger partial charge in [0, 0.05) is 11.8 Å². The van der Waals surface area contributed by atoms with Crippen LogP contribution in [-0.4, -0.2) is 19.2 Å². The fourth-order valence-electron chi connectivity index (χ4n) is 4.90. The Bertz CT molecular complexity index is 1420. The Kier molecular flexibility index (Phi) is 7.57. The lowest BCUT2D eigenvalue weighted by molar-refractivity contribution is 0.0995. The second kappa shape index (κ2) is 10.5. The quantitative estimate of drug-likeness (QED) is 0.249. The van der Waals surface area contributed by atoms with E-state index in [1.54, 1.807) is 6.92 Å². The molecule has 1 atom stereocenters. The molecule has 4 nitrogen and oxygen atoms in total. The van der Waals surface area contributed by atoms with E-state index in [9.17, 15) is 9.18 Å². The SMILES string of the molecule is Cc1cc(C(N)=O)ncc1C(O[Si](c1ccccc1)(c1ccccc1)C(C)(C)C)c1c(F)ccc(F)c1F. The maximum Gasteiger partial charge on any atom is 0.267 e. The van der Waals surface area contributed by atoms with Gasteiger partial charge < -0.3 is 10.2 Å². The fourth-order valence-corrected chi connectivity index (χ4v) is 9.52. The molecular formula is C30H29F3N2O2Si. The van der Waals surface area contributed by atoms with Crippen LogP contribution in [0.15, 0.2) is 85.1 Å². The number of carbonyl (C=O) groups excluding carboxylic acids is 1. The van der Waals surface area contributed by atoms with Crippen molar-refractivity contribution in [3.05, 3.63) is 125 Å². The summed E-state index contributed by atoms with van der Waals surface area (Å²) in [6, 6.07) is 22.2. The number of nitrogens with zero attached hydrogens (tertiary/aromatic N) is 1. The van der Waals surface area contributed by atoms with Gasteiger partial charge in [-0.05, 0) is 46.1 Å². The first-order chi connectivity index (χ1) is 18.0. The number of amides is 1. The molecule has 0 saturated carbocycles. The highest BCUT2D eigenvalue weighted by Gasteiger charge is 2.52. The van der Waals surface area contributed by atoms with Crippen LogP contribution < -0.4 is 16.1 Å². The second-order valence-corrected chi connectivity index (χ2v) is 14.5.